The topological polar surface area (TPSA) is 73.9 Å². The summed E-state index contributed by atoms with van der Waals surface area (Å²) in [6.45, 7) is 0.381. The molecule has 0 aromatic heterocycles. The van der Waals surface area contributed by atoms with Crippen molar-refractivity contribution in [2.45, 2.75) is 38.5 Å². The third kappa shape index (κ3) is 4.18. The molecule has 6 nitrogen and oxygen atoms in total. The second kappa shape index (κ2) is 8.05. The second-order valence-electron chi connectivity index (χ2n) is 8.96. The van der Waals surface area contributed by atoms with Crippen LogP contribution in [-0.4, -0.2) is 39.2 Å². The van der Waals surface area contributed by atoms with E-state index in [0.29, 0.717) is 18.0 Å². The number of rotatable bonds is 7. The van der Waals surface area contributed by atoms with Gasteiger partial charge in [-0.3, -0.25) is 4.79 Å². The summed E-state index contributed by atoms with van der Waals surface area (Å²) < 4.78 is 15.5. The Balaban J connectivity index is 1.30. The molecule has 0 aliphatic heterocycles. The summed E-state index contributed by atoms with van der Waals surface area (Å²) in [5.74, 6) is 2.30. The number of ether oxygens (including phenoxy) is 3. The normalized spacial score (nSPS) is 29.4. The predicted octanol–water partition coefficient (Wildman–Crippen LogP) is 3.85. The molecule has 0 atom stereocenters. The van der Waals surface area contributed by atoms with Crippen molar-refractivity contribution in [2.24, 2.45) is 23.2 Å². The number of hydrogen-bond donors (Lipinski definition) is 1. The molecule has 1 aromatic carbocycles. The summed E-state index contributed by atoms with van der Waals surface area (Å²) in [7, 11) is 2.93. The van der Waals surface area contributed by atoms with Gasteiger partial charge in [0.15, 0.2) is 18.1 Å². The van der Waals surface area contributed by atoms with Gasteiger partial charge in [-0.05, 0) is 73.8 Å². The van der Waals surface area contributed by atoms with E-state index < -0.39 is 5.97 Å². The van der Waals surface area contributed by atoms with Crippen molar-refractivity contribution in [1.82, 2.24) is 5.32 Å². The molecule has 29 heavy (non-hydrogen) atoms. The van der Waals surface area contributed by atoms with E-state index in [4.69, 9.17) is 25.8 Å². The Morgan fingerprint density at radius 2 is 1.69 bits per heavy atom. The molecule has 158 valence electrons. The van der Waals surface area contributed by atoms with Crippen molar-refractivity contribution < 1.29 is 23.8 Å². The molecule has 0 heterocycles. The number of benzene rings is 1. The van der Waals surface area contributed by atoms with Gasteiger partial charge in [-0.2, -0.15) is 0 Å². The molecule has 4 aliphatic rings. The van der Waals surface area contributed by atoms with Crippen molar-refractivity contribution in [3.05, 3.63) is 22.7 Å². The lowest BCUT2D eigenvalue weighted by molar-refractivity contribution is -0.126. The highest BCUT2D eigenvalue weighted by Gasteiger charge is 2.50. The van der Waals surface area contributed by atoms with Crippen LogP contribution in [0.4, 0.5) is 0 Å². The lowest BCUT2D eigenvalue weighted by Gasteiger charge is -2.56. The third-order valence-electron chi connectivity index (χ3n) is 6.83. The summed E-state index contributed by atoms with van der Waals surface area (Å²) >= 11 is 6.13. The van der Waals surface area contributed by atoms with Gasteiger partial charge in [-0.1, -0.05) is 11.6 Å². The van der Waals surface area contributed by atoms with Gasteiger partial charge in [0.05, 0.1) is 24.8 Å². The van der Waals surface area contributed by atoms with Crippen molar-refractivity contribution in [3.63, 3.8) is 0 Å². The minimum absolute atomic E-state index is 0.210. The van der Waals surface area contributed by atoms with E-state index in [1.165, 1.54) is 64.9 Å². The number of methoxy groups -OCH3 is 2. The molecule has 4 saturated carbocycles. The van der Waals surface area contributed by atoms with Gasteiger partial charge in [0.1, 0.15) is 0 Å². The fraction of sp³-hybridized carbons (Fsp3) is 0.636. The maximum absolute atomic E-state index is 12.3. The molecule has 1 aromatic rings. The highest BCUT2D eigenvalue weighted by Crippen LogP contribution is 2.59. The highest BCUT2D eigenvalue weighted by atomic mass is 35.5. The lowest BCUT2D eigenvalue weighted by atomic mass is 9.49. The van der Waals surface area contributed by atoms with Crippen LogP contribution in [0.3, 0.4) is 0 Å². The number of amides is 1. The quantitative estimate of drug-likeness (QED) is 0.677. The van der Waals surface area contributed by atoms with E-state index >= 15 is 0 Å². The minimum Gasteiger partial charge on any atom is -0.493 e. The first-order valence-corrected chi connectivity index (χ1v) is 10.6. The van der Waals surface area contributed by atoms with Crippen LogP contribution in [0.5, 0.6) is 11.5 Å². The number of carbonyl (C=O) groups is 2. The first-order chi connectivity index (χ1) is 13.9. The zero-order valence-electron chi connectivity index (χ0n) is 17.0. The number of esters is 1. The molecule has 4 bridgehead atoms. The molecule has 0 unspecified atom stereocenters. The zero-order chi connectivity index (χ0) is 20.6. The van der Waals surface area contributed by atoms with Gasteiger partial charge in [-0.15, -0.1) is 0 Å². The Bertz CT molecular complexity index is 773. The van der Waals surface area contributed by atoms with Crippen LogP contribution in [0, 0.1) is 23.2 Å². The predicted molar refractivity (Wildman–Crippen MR) is 108 cm³/mol. The van der Waals surface area contributed by atoms with Crippen molar-refractivity contribution in [2.75, 3.05) is 27.4 Å². The van der Waals surface area contributed by atoms with Gasteiger partial charge in [0.2, 0.25) is 0 Å². The van der Waals surface area contributed by atoms with Crippen molar-refractivity contribution >= 4 is 23.5 Å². The van der Waals surface area contributed by atoms with Gasteiger partial charge in [0.25, 0.3) is 5.91 Å². The van der Waals surface area contributed by atoms with Crippen LogP contribution < -0.4 is 14.8 Å². The molecule has 1 amide bonds. The Hall–Kier alpha value is -1.95. The molecule has 0 saturated heterocycles. The summed E-state index contributed by atoms with van der Waals surface area (Å²) in [6.07, 6.45) is 7.80. The highest BCUT2D eigenvalue weighted by molar-refractivity contribution is 6.32. The molecule has 0 radical (unpaired) electrons. The van der Waals surface area contributed by atoms with Gasteiger partial charge in [-0.25, -0.2) is 4.79 Å². The van der Waals surface area contributed by atoms with Gasteiger partial charge >= 0.3 is 5.97 Å². The zero-order valence-corrected chi connectivity index (χ0v) is 17.7. The molecule has 7 heteroatoms. The fourth-order valence-electron chi connectivity index (χ4n) is 6.09. The van der Waals surface area contributed by atoms with Crippen molar-refractivity contribution in [1.29, 1.82) is 0 Å². The lowest BCUT2D eigenvalue weighted by Crippen LogP contribution is -2.51. The summed E-state index contributed by atoms with van der Waals surface area (Å²) in [5.41, 5.74) is 0.465. The van der Waals surface area contributed by atoms with E-state index in [1.54, 1.807) is 0 Å². The largest absolute Gasteiger partial charge is 0.493 e. The first-order valence-electron chi connectivity index (χ1n) is 10.3. The standard InChI is InChI=1S/C22H28ClNO5/c1-27-18-7-16(6-17(23)20(18)28-2)21(26)29-11-19(25)24-12-22-8-13-3-14(9-22)5-15(4-13)10-22/h6-7,13-15H,3-5,8-12H2,1-2H3,(H,24,25). The summed E-state index contributed by atoms with van der Waals surface area (Å²) in [4.78, 5) is 24.6. The van der Waals surface area contributed by atoms with E-state index in [0.717, 1.165) is 17.8 Å². The third-order valence-corrected chi connectivity index (χ3v) is 7.11. The van der Waals surface area contributed by atoms with E-state index in [9.17, 15) is 9.59 Å². The summed E-state index contributed by atoms with van der Waals surface area (Å²) in [5, 5.41) is 3.25. The minimum atomic E-state index is -0.627. The van der Waals surface area contributed by atoms with Gasteiger partial charge in [0, 0.05) is 6.54 Å². The van der Waals surface area contributed by atoms with Crippen LogP contribution in [0.2, 0.25) is 5.02 Å². The van der Waals surface area contributed by atoms with Crippen LogP contribution in [0.1, 0.15) is 48.9 Å². The van der Waals surface area contributed by atoms with Crippen LogP contribution in [0.15, 0.2) is 12.1 Å². The molecule has 4 fully saturated rings. The molecule has 5 rings (SSSR count). The Morgan fingerprint density at radius 1 is 1.07 bits per heavy atom. The smallest absolute Gasteiger partial charge is 0.338 e. The van der Waals surface area contributed by atoms with Crippen LogP contribution in [0.25, 0.3) is 0 Å². The van der Waals surface area contributed by atoms with E-state index in [-0.39, 0.29) is 28.5 Å². The Labute approximate surface area is 176 Å². The molecule has 1 N–H and O–H groups in total. The number of halogens is 1. The summed E-state index contributed by atoms with van der Waals surface area (Å²) in [6, 6.07) is 2.93. The fourth-order valence-corrected chi connectivity index (χ4v) is 6.38. The molecule has 4 aliphatic carbocycles. The molecular weight excluding hydrogens is 394 g/mol. The van der Waals surface area contributed by atoms with Gasteiger partial charge < -0.3 is 19.5 Å². The number of nitrogens with one attached hydrogen (secondary N) is 1. The number of hydrogen-bond acceptors (Lipinski definition) is 5. The maximum atomic E-state index is 12.3. The monoisotopic (exact) mass is 421 g/mol. The van der Waals surface area contributed by atoms with E-state index in [1.807, 2.05) is 0 Å². The van der Waals surface area contributed by atoms with E-state index in [2.05, 4.69) is 5.32 Å². The second-order valence-corrected chi connectivity index (χ2v) is 9.37. The number of carbonyl (C=O) groups excluding carboxylic acids is 2. The Kier molecular flexibility index (Phi) is 5.65. The SMILES string of the molecule is COc1cc(C(=O)OCC(=O)NCC23CC4CC(CC(C4)C2)C3)cc(Cl)c1OC. The van der Waals surface area contributed by atoms with Crippen molar-refractivity contribution in [3.8, 4) is 11.5 Å². The molecular formula is C22H28ClNO5. The first kappa shape index (κ1) is 20.3. The maximum Gasteiger partial charge on any atom is 0.338 e. The van der Waals surface area contributed by atoms with Crippen LogP contribution >= 0.6 is 11.6 Å². The van der Waals surface area contributed by atoms with Crippen LogP contribution in [-0.2, 0) is 9.53 Å². The average Bonchev–Trinajstić information content (AvgIpc) is 2.68. The Morgan fingerprint density at radius 3 is 2.24 bits per heavy atom. The average molecular weight is 422 g/mol. The molecule has 0 spiro atoms.